The highest BCUT2D eigenvalue weighted by Gasteiger charge is 2.18. The molecule has 0 atom stereocenters. The number of anilines is 1. The first-order chi connectivity index (χ1) is 9.74. The molecule has 0 saturated heterocycles. The van der Waals surface area contributed by atoms with E-state index in [1.54, 1.807) is 11.3 Å². The molecule has 1 aliphatic heterocycles. The van der Waals surface area contributed by atoms with E-state index in [9.17, 15) is 4.79 Å². The van der Waals surface area contributed by atoms with E-state index in [-0.39, 0.29) is 5.78 Å². The molecule has 0 aliphatic carbocycles. The van der Waals surface area contributed by atoms with E-state index in [1.165, 1.54) is 22.5 Å². The van der Waals surface area contributed by atoms with Crippen molar-refractivity contribution in [3.8, 4) is 0 Å². The van der Waals surface area contributed by atoms with Gasteiger partial charge in [-0.05, 0) is 49.9 Å². The number of thiophene rings is 1. The lowest BCUT2D eigenvalue weighted by Crippen LogP contribution is -2.30. The summed E-state index contributed by atoms with van der Waals surface area (Å²) in [6.45, 7) is 3.52. The number of para-hydroxylation sites is 1. The Hall–Kier alpha value is -1.61. The number of ketones is 1. The molecule has 2 aromatic rings. The number of fused-ring (bicyclic) bond motifs is 1. The lowest BCUT2D eigenvalue weighted by Gasteiger charge is -2.23. The third-order valence-electron chi connectivity index (χ3n) is 3.81. The molecule has 20 heavy (non-hydrogen) atoms. The number of hydrogen-bond acceptors (Lipinski definition) is 3. The van der Waals surface area contributed by atoms with E-state index in [2.05, 4.69) is 29.2 Å². The van der Waals surface area contributed by atoms with Crippen LogP contribution < -0.4 is 4.90 Å². The van der Waals surface area contributed by atoms with Crippen LogP contribution in [0.25, 0.3) is 0 Å². The Morgan fingerprint density at radius 2 is 2.05 bits per heavy atom. The Morgan fingerprint density at radius 3 is 2.85 bits per heavy atom. The van der Waals surface area contributed by atoms with Gasteiger partial charge in [0.1, 0.15) is 0 Å². The predicted octanol–water partition coefficient (Wildman–Crippen LogP) is 4.08. The largest absolute Gasteiger partial charge is 0.364 e. The fourth-order valence-electron chi connectivity index (χ4n) is 2.77. The van der Waals surface area contributed by atoms with Crippen LogP contribution >= 0.6 is 11.3 Å². The van der Waals surface area contributed by atoms with Crippen molar-refractivity contribution in [3.63, 3.8) is 0 Å². The van der Waals surface area contributed by atoms with Crippen molar-refractivity contribution in [3.05, 3.63) is 51.7 Å². The second-order valence-corrected chi connectivity index (χ2v) is 6.63. The summed E-state index contributed by atoms with van der Waals surface area (Å²) in [5, 5.41) is 0. The van der Waals surface area contributed by atoms with Gasteiger partial charge in [0, 0.05) is 17.1 Å². The van der Waals surface area contributed by atoms with Gasteiger partial charge in [-0.2, -0.15) is 0 Å². The third kappa shape index (κ3) is 2.78. The van der Waals surface area contributed by atoms with Crippen molar-refractivity contribution in [1.29, 1.82) is 0 Å². The van der Waals surface area contributed by atoms with Crippen LogP contribution in [-0.2, 0) is 6.42 Å². The Morgan fingerprint density at radius 1 is 1.20 bits per heavy atom. The second-order valence-electron chi connectivity index (χ2n) is 5.34. The van der Waals surface area contributed by atoms with Crippen molar-refractivity contribution in [2.75, 3.05) is 18.0 Å². The molecule has 0 amide bonds. The molecule has 0 radical (unpaired) electrons. The van der Waals surface area contributed by atoms with E-state index in [0.29, 0.717) is 6.54 Å². The van der Waals surface area contributed by atoms with Crippen LogP contribution in [0.15, 0.2) is 36.4 Å². The average Bonchev–Trinajstić information content (AvgIpc) is 2.79. The third-order valence-corrected chi connectivity index (χ3v) is 4.85. The van der Waals surface area contributed by atoms with Gasteiger partial charge in [-0.25, -0.2) is 0 Å². The first-order valence-electron chi connectivity index (χ1n) is 7.16. The summed E-state index contributed by atoms with van der Waals surface area (Å²) in [5.74, 6) is 0.236. The molecular formula is C17H19NOS. The van der Waals surface area contributed by atoms with Crippen LogP contribution in [0.1, 0.15) is 33.0 Å². The van der Waals surface area contributed by atoms with Crippen molar-refractivity contribution in [2.24, 2.45) is 0 Å². The topological polar surface area (TPSA) is 20.3 Å². The van der Waals surface area contributed by atoms with Gasteiger partial charge in [-0.15, -0.1) is 11.3 Å². The molecule has 0 N–H and O–H groups in total. The Bertz CT molecular complexity index is 617. The minimum absolute atomic E-state index is 0.236. The lowest BCUT2D eigenvalue weighted by molar-refractivity contribution is 0.100. The van der Waals surface area contributed by atoms with Crippen molar-refractivity contribution < 1.29 is 4.79 Å². The summed E-state index contributed by atoms with van der Waals surface area (Å²) in [6, 6.07) is 12.5. The minimum Gasteiger partial charge on any atom is -0.364 e. The van der Waals surface area contributed by atoms with Crippen LogP contribution in [0.4, 0.5) is 5.69 Å². The fourth-order valence-corrected chi connectivity index (χ4v) is 3.57. The van der Waals surface area contributed by atoms with Crippen LogP contribution in [0, 0.1) is 6.92 Å². The first kappa shape index (κ1) is 13.4. The zero-order valence-corrected chi connectivity index (χ0v) is 12.6. The number of aryl methyl sites for hydroxylation is 2. The van der Waals surface area contributed by atoms with E-state index < -0.39 is 0 Å². The van der Waals surface area contributed by atoms with Crippen molar-refractivity contribution in [2.45, 2.75) is 26.2 Å². The molecule has 3 heteroatoms. The SMILES string of the molecule is Cc1ccc(C(=O)CN2CCCCc3ccccc32)s1. The van der Waals surface area contributed by atoms with Crippen LogP contribution in [0.5, 0.6) is 0 Å². The number of benzene rings is 1. The normalized spacial score (nSPS) is 14.8. The highest BCUT2D eigenvalue weighted by Crippen LogP contribution is 2.26. The van der Waals surface area contributed by atoms with Gasteiger partial charge in [-0.3, -0.25) is 4.79 Å². The molecule has 3 rings (SSSR count). The maximum Gasteiger partial charge on any atom is 0.191 e. The number of nitrogens with zero attached hydrogens (tertiary/aromatic N) is 1. The van der Waals surface area contributed by atoms with Crippen molar-refractivity contribution in [1.82, 2.24) is 0 Å². The van der Waals surface area contributed by atoms with E-state index in [4.69, 9.17) is 0 Å². The molecule has 0 bridgehead atoms. The Kier molecular flexibility index (Phi) is 3.88. The highest BCUT2D eigenvalue weighted by molar-refractivity contribution is 7.14. The van der Waals surface area contributed by atoms with Gasteiger partial charge >= 0.3 is 0 Å². The molecule has 0 fully saturated rings. The lowest BCUT2D eigenvalue weighted by atomic mass is 10.1. The van der Waals surface area contributed by atoms with E-state index in [0.717, 1.165) is 24.3 Å². The zero-order valence-electron chi connectivity index (χ0n) is 11.8. The number of hydrogen-bond donors (Lipinski definition) is 0. The number of Topliss-reactive ketones (excluding diaryl/α,β-unsaturated/α-hetero) is 1. The number of carbonyl (C=O) groups excluding carboxylic acids is 1. The molecule has 0 saturated carbocycles. The highest BCUT2D eigenvalue weighted by atomic mass is 32.1. The smallest absolute Gasteiger partial charge is 0.191 e. The molecule has 0 unspecified atom stereocenters. The zero-order chi connectivity index (χ0) is 13.9. The summed E-state index contributed by atoms with van der Waals surface area (Å²) in [6.07, 6.45) is 3.49. The number of carbonyl (C=O) groups is 1. The molecule has 1 aliphatic rings. The molecule has 1 aromatic carbocycles. The van der Waals surface area contributed by atoms with Crippen LogP contribution in [0.3, 0.4) is 0 Å². The van der Waals surface area contributed by atoms with Gasteiger partial charge in [0.05, 0.1) is 11.4 Å². The maximum absolute atomic E-state index is 12.4. The summed E-state index contributed by atoms with van der Waals surface area (Å²) in [4.78, 5) is 16.7. The van der Waals surface area contributed by atoms with E-state index in [1.807, 2.05) is 19.1 Å². The fraction of sp³-hybridized carbons (Fsp3) is 0.353. The predicted molar refractivity (Wildman–Crippen MR) is 85.0 cm³/mol. The standard InChI is InChI=1S/C17H19NOS/c1-13-9-10-17(20-13)16(19)12-18-11-5-4-7-14-6-2-3-8-15(14)18/h2-3,6,8-10H,4-5,7,11-12H2,1H3. The van der Waals surface area contributed by atoms with Gasteiger partial charge in [0.2, 0.25) is 0 Å². The monoisotopic (exact) mass is 285 g/mol. The minimum atomic E-state index is 0.236. The summed E-state index contributed by atoms with van der Waals surface area (Å²) >= 11 is 1.59. The first-order valence-corrected chi connectivity index (χ1v) is 7.98. The quantitative estimate of drug-likeness (QED) is 0.792. The van der Waals surface area contributed by atoms with Gasteiger partial charge in [0.15, 0.2) is 5.78 Å². The summed E-state index contributed by atoms with van der Waals surface area (Å²) < 4.78 is 0. The Labute approximate surface area is 124 Å². The Balaban J connectivity index is 1.82. The molecule has 2 heterocycles. The molecule has 2 nitrogen and oxygen atoms in total. The molecular weight excluding hydrogens is 266 g/mol. The van der Waals surface area contributed by atoms with E-state index >= 15 is 0 Å². The van der Waals surface area contributed by atoms with Crippen molar-refractivity contribution >= 4 is 22.8 Å². The van der Waals surface area contributed by atoms with Crippen LogP contribution in [0.2, 0.25) is 0 Å². The van der Waals surface area contributed by atoms with Gasteiger partial charge in [0.25, 0.3) is 0 Å². The second kappa shape index (κ2) is 5.80. The molecule has 104 valence electrons. The van der Waals surface area contributed by atoms with Crippen LogP contribution in [-0.4, -0.2) is 18.9 Å². The number of rotatable bonds is 3. The van der Waals surface area contributed by atoms with Gasteiger partial charge in [-0.1, -0.05) is 18.2 Å². The summed E-state index contributed by atoms with van der Waals surface area (Å²) in [7, 11) is 0. The summed E-state index contributed by atoms with van der Waals surface area (Å²) in [5.41, 5.74) is 2.62. The molecule has 1 aromatic heterocycles. The molecule has 0 spiro atoms. The average molecular weight is 285 g/mol. The maximum atomic E-state index is 12.4. The van der Waals surface area contributed by atoms with Gasteiger partial charge < -0.3 is 4.90 Å².